The molecule has 0 saturated heterocycles. The molecular formula is C5H13N2O3+. The molecule has 60 valence electrons. The average Bonchev–Trinajstić information content (AvgIpc) is 1.60. The Balaban J connectivity index is 3.80. The average molecular weight is 149 g/mol. The molecule has 0 saturated carbocycles. The van der Waals surface area contributed by atoms with Crippen LogP contribution in [0.3, 0.4) is 0 Å². The first kappa shape index (κ1) is 9.32. The third-order valence-electron chi connectivity index (χ3n) is 0.954. The summed E-state index contributed by atoms with van der Waals surface area (Å²) in [6.45, 7) is 0.132. The Labute approximate surface area is 59.6 Å². The highest BCUT2D eigenvalue weighted by Gasteiger charge is 2.23. The summed E-state index contributed by atoms with van der Waals surface area (Å²) in [4.78, 5) is 9.23. The van der Waals surface area contributed by atoms with Crippen molar-refractivity contribution in [3.8, 4) is 0 Å². The molecule has 0 amide bonds. The number of rotatable bonds is 3. The molecule has 0 aliphatic carbocycles. The van der Waals surface area contributed by atoms with Gasteiger partial charge in [-0.2, -0.15) is 0 Å². The van der Waals surface area contributed by atoms with Gasteiger partial charge in [-0.25, -0.2) is 0 Å². The standard InChI is InChI=1S/C5H13N2O3/c1-7(2,3)4-5(8)6(9)10/h5,8H,4H2,1-3H3/q+1. The molecular weight excluding hydrogens is 136 g/mol. The van der Waals surface area contributed by atoms with Crippen LogP contribution in [0.4, 0.5) is 0 Å². The molecule has 10 heavy (non-hydrogen) atoms. The van der Waals surface area contributed by atoms with Crippen LogP contribution in [-0.4, -0.2) is 48.4 Å². The number of nitrogens with zero attached hydrogens (tertiary/aromatic N) is 2. The van der Waals surface area contributed by atoms with E-state index < -0.39 is 11.2 Å². The van der Waals surface area contributed by atoms with E-state index in [1.165, 1.54) is 0 Å². The van der Waals surface area contributed by atoms with Crippen LogP contribution in [0.5, 0.6) is 0 Å². The van der Waals surface area contributed by atoms with Crippen LogP contribution in [-0.2, 0) is 0 Å². The Morgan fingerprint density at radius 2 is 2.00 bits per heavy atom. The highest BCUT2D eigenvalue weighted by Crippen LogP contribution is 1.94. The van der Waals surface area contributed by atoms with E-state index in [0.29, 0.717) is 4.48 Å². The van der Waals surface area contributed by atoms with E-state index >= 15 is 0 Å². The second-order valence-electron chi connectivity index (χ2n) is 3.24. The van der Waals surface area contributed by atoms with Crippen molar-refractivity contribution in [2.24, 2.45) is 0 Å². The van der Waals surface area contributed by atoms with Gasteiger partial charge in [-0.05, 0) is 0 Å². The lowest BCUT2D eigenvalue weighted by Gasteiger charge is -2.22. The predicted octanol–water partition coefficient (Wildman–Crippen LogP) is -0.712. The molecule has 0 spiro atoms. The predicted molar refractivity (Wildman–Crippen MR) is 35.9 cm³/mol. The summed E-state index contributed by atoms with van der Waals surface area (Å²) in [5.74, 6) is 0. The SMILES string of the molecule is C[N+](C)(C)CC(O)[N+](=O)[O-]. The Bertz CT molecular complexity index is 129. The molecule has 5 heteroatoms. The molecule has 0 aromatic heterocycles. The molecule has 0 aliphatic heterocycles. The summed E-state index contributed by atoms with van der Waals surface area (Å²) in [5, 5.41) is 18.7. The van der Waals surface area contributed by atoms with Crippen molar-refractivity contribution in [1.82, 2.24) is 0 Å². The Kier molecular flexibility index (Phi) is 2.74. The van der Waals surface area contributed by atoms with E-state index in [0.717, 1.165) is 0 Å². The summed E-state index contributed by atoms with van der Waals surface area (Å²) in [6, 6.07) is 0. The van der Waals surface area contributed by atoms with Crippen LogP contribution in [0.1, 0.15) is 0 Å². The lowest BCUT2D eigenvalue weighted by atomic mass is 10.5. The van der Waals surface area contributed by atoms with Crippen LogP contribution in [0, 0.1) is 10.1 Å². The molecule has 0 aromatic rings. The largest absolute Gasteiger partial charge is 0.361 e. The van der Waals surface area contributed by atoms with Crippen LogP contribution in [0.2, 0.25) is 0 Å². The van der Waals surface area contributed by atoms with Crippen LogP contribution in [0.25, 0.3) is 0 Å². The summed E-state index contributed by atoms with van der Waals surface area (Å²) in [7, 11) is 5.35. The van der Waals surface area contributed by atoms with Gasteiger partial charge in [-0.15, -0.1) is 0 Å². The van der Waals surface area contributed by atoms with E-state index in [2.05, 4.69) is 0 Å². The van der Waals surface area contributed by atoms with Crippen molar-refractivity contribution >= 4 is 0 Å². The monoisotopic (exact) mass is 149 g/mol. The molecule has 5 nitrogen and oxygen atoms in total. The van der Waals surface area contributed by atoms with Crippen LogP contribution < -0.4 is 0 Å². The lowest BCUT2D eigenvalue weighted by molar-refractivity contribution is -0.887. The zero-order valence-electron chi connectivity index (χ0n) is 6.44. The Hall–Kier alpha value is -0.680. The maximum Gasteiger partial charge on any atom is 0.361 e. The molecule has 1 unspecified atom stereocenters. The number of nitro groups is 1. The highest BCUT2D eigenvalue weighted by atomic mass is 16.7. The molecule has 1 atom stereocenters. The fourth-order valence-corrected chi connectivity index (χ4v) is 0.557. The number of quaternary nitrogens is 1. The minimum absolute atomic E-state index is 0.132. The van der Waals surface area contributed by atoms with Gasteiger partial charge in [0, 0.05) is 0 Å². The zero-order chi connectivity index (χ0) is 8.36. The second-order valence-corrected chi connectivity index (χ2v) is 3.24. The summed E-state index contributed by atoms with van der Waals surface area (Å²) >= 11 is 0. The number of hydrogen-bond donors (Lipinski definition) is 1. The molecule has 0 aliphatic rings. The van der Waals surface area contributed by atoms with Crippen molar-refractivity contribution in [2.75, 3.05) is 27.7 Å². The van der Waals surface area contributed by atoms with Gasteiger partial charge in [-0.3, -0.25) is 10.1 Å². The van der Waals surface area contributed by atoms with Gasteiger partial charge in [0.15, 0.2) is 6.54 Å². The van der Waals surface area contributed by atoms with Crippen molar-refractivity contribution in [2.45, 2.75) is 6.23 Å². The summed E-state index contributed by atoms with van der Waals surface area (Å²) in [5.41, 5.74) is 0. The zero-order valence-corrected chi connectivity index (χ0v) is 6.44. The van der Waals surface area contributed by atoms with E-state index in [4.69, 9.17) is 5.11 Å². The quantitative estimate of drug-likeness (QED) is 0.249. The van der Waals surface area contributed by atoms with Gasteiger partial charge >= 0.3 is 6.23 Å². The third kappa shape index (κ3) is 4.22. The highest BCUT2D eigenvalue weighted by molar-refractivity contribution is 4.33. The Morgan fingerprint density at radius 3 is 2.10 bits per heavy atom. The molecule has 0 rings (SSSR count). The van der Waals surface area contributed by atoms with Gasteiger partial charge in [0.2, 0.25) is 0 Å². The number of aliphatic hydroxyl groups is 1. The van der Waals surface area contributed by atoms with E-state index in [9.17, 15) is 10.1 Å². The molecule has 0 bridgehead atoms. The number of aliphatic hydroxyl groups excluding tert-OH is 1. The number of likely N-dealkylation sites (N-methyl/N-ethyl adjacent to an activating group) is 1. The van der Waals surface area contributed by atoms with Gasteiger partial charge in [-0.1, -0.05) is 0 Å². The van der Waals surface area contributed by atoms with Crippen molar-refractivity contribution in [3.05, 3.63) is 10.1 Å². The van der Waals surface area contributed by atoms with Gasteiger partial charge in [0.25, 0.3) is 0 Å². The maximum absolute atomic E-state index is 9.92. The molecule has 1 N–H and O–H groups in total. The van der Waals surface area contributed by atoms with E-state index in [1.807, 2.05) is 0 Å². The summed E-state index contributed by atoms with van der Waals surface area (Å²) < 4.78 is 0.391. The number of hydrogen-bond acceptors (Lipinski definition) is 3. The fourth-order valence-electron chi connectivity index (χ4n) is 0.557. The maximum atomic E-state index is 9.92. The second kappa shape index (κ2) is 2.94. The topological polar surface area (TPSA) is 63.4 Å². The molecule has 0 radical (unpaired) electrons. The molecule has 0 aromatic carbocycles. The van der Waals surface area contributed by atoms with E-state index in [-0.39, 0.29) is 6.54 Å². The first-order valence-corrected chi connectivity index (χ1v) is 2.95. The van der Waals surface area contributed by atoms with Gasteiger partial charge < -0.3 is 9.59 Å². The lowest BCUT2D eigenvalue weighted by Crippen LogP contribution is -2.44. The molecule has 0 fully saturated rings. The van der Waals surface area contributed by atoms with Crippen molar-refractivity contribution in [3.63, 3.8) is 0 Å². The van der Waals surface area contributed by atoms with Crippen molar-refractivity contribution in [1.29, 1.82) is 0 Å². The van der Waals surface area contributed by atoms with Gasteiger partial charge in [0.05, 0.1) is 26.1 Å². The normalized spacial score (nSPS) is 14.8. The van der Waals surface area contributed by atoms with E-state index in [1.54, 1.807) is 21.1 Å². The van der Waals surface area contributed by atoms with Crippen molar-refractivity contribution < 1.29 is 14.5 Å². The summed E-state index contributed by atoms with van der Waals surface area (Å²) in [6.07, 6.45) is -1.44. The minimum Gasteiger partial charge on any atom is -0.329 e. The Morgan fingerprint density at radius 1 is 1.60 bits per heavy atom. The fraction of sp³-hybridized carbons (Fsp3) is 1.00. The first-order chi connectivity index (χ1) is 4.33. The third-order valence-corrected chi connectivity index (χ3v) is 0.954. The minimum atomic E-state index is -1.44. The first-order valence-electron chi connectivity index (χ1n) is 2.95. The van der Waals surface area contributed by atoms with Gasteiger partial charge in [0.1, 0.15) is 0 Å². The van der Waals surface area contributed by atoms with Crippen LogP contribution >= 0.6 is 0 Å². The van der Waals surface area contributed by atoms with Crippen LogP contribution in [0.15, 0.2) is 0 Å². The smallest absolute Gasteiger partial charge is 0.329 e. The molecule has 0 heterocycles.